The number of rotatable bonds is 6. The van der Waals surface area contributed by atoms with E-state index in [1.54, 1.807) is 0 Å². The fourth-order valence-electron chi connectivity index (χ4n) is 2.80. The Morgan fingerprint density at radius 1 is 0.793 bits per heavy atom. The molecule has 0 saturated heterocycles. The van der Waals surface area contributed by atoms with Crippen molar-refractivity contribution in [3.05, 3.63) is 106 Å². The van der Waals surface area contributed by atoms with Crippen molar-refractivity contribution in [1.82, 2.24) is 4.90 Å². The number of nitro benzene ring substituents is 1. The molecule has 1 N–H and O–H groups in total. The summed E-state index contributed by atoms with van der Waals surface area (Å²) < 4.78 is 0. The summed E-state index contributed by atoms with van der Waals surface area (Å²) in [6.45, 7) is 0.560. The van der Waals surface area contributed by atoms with Gasteiger partial charge in [-0.3, -0.25) is 19.7 Å². The van der Waals surface area contributed by atoms with Crippen LogP contribution in [0.1, 0.15) is 11.1 Å². The first kappa shape index (κ1) is 19.8. The number of nitrogens with one attached hydrogen (secondary N) is 1. The number of carbonyl (C=O) groups excluding carboxylic acids is 2. The lowest BCUT2D eigenvalue weighted by Crippen LogP contribution is -2.38. The molecule has 0 aliphatic rings. The second kappa shape index (κ2) is 9.27. The minimum atomic E-state index is -0.800. The van der Waals surface area contributed by atoms with E-state index < -0.39 is 16.7 Å². The minimum Gasteiger partial charge on any atom is -0.326 e. The van der Waals surface area contributed by atoms with Crippen molar-refractivity contribution in [1.29, 1.82) is 0 Å². The van der Waals surface area contributed by atoms with Gasteiger partial charge in [-0.1, -0.05) is 60.7 Å². The van der Waals surface area contributed by atoms with Gasteiger partial charge in [-0.2, -0.15) is 0 Å². The standard InChI is InChI=1S/C22H19N3O4/c26-21(23-19-11-13-20(14-12-19)25(28)29)22(27)24(15-17-7-3-1-4-8-17)16-18-9-5-2-6-10-18/h1-14H,15-16H2,(H,23,26). The number of amides is 2. The minimum absolute atomic E-state index is 0.0934. The quantitative estimate of drug-likeness (QED) is 0.395. The maximum absolute atomic E-state index is 12.8. The van der Waals surface area contributed by atoms with Crippen LogP contribution in [0.25, 0.3) is 0 Å². The van der Waals surface area contributed by atoms with Crippen LogP contribution in [0.15, 0.2) is 84.9 Å². The number of carbonyl (C=O) groups is 2. The molecule has 0 fully saturated rings. The fourth-order valence-corrected chi connectivity index (χ4v) is 2.80. The Kier molecular flexibility index (Phi) is 6.32. The van der Waals surface area contributed by atoms with Gasteiger partial charge >= 0.3 is 11.8 Å². The summed E-state index contributed by atoms with van der Waals surface area (Å²) in [6.07, 6.45) is 0. The van der Waals surface area contributed by atoms with E-state index in [0.717, 1.165) is 11.1 Å². The highest BCUT2D eigenvalue weighted by Gasteiger charge is 2.22. The molecule has 0 bridgehead atoms. The predicted octanol–water partition coefficient (Wildman–Crippen LogP) is 3.76. The lowest BCUT2D eigenvalue weighted by Gasteiger charge is -2.22. The number of non-ortho nitro benzene ring substituents is 1. The van der Waals surface area contributed by atoms with E-state index in [1.165, 1.54) is 29.2 Å². The Morgan fingerprint density at radius 3 is 1.72 bits per heavy atom. The highest BCUT2D eigenvalue weighted by Crippen LogP contribution is 2.16. The lowest BCUT2D eigenvalue weighted by atomic mass is 10.1. The number of anilines is 1. The largest absolute Gasteiger partial charge is 0.326 e. The van der Waals surface area contributed by atoms with Gasteiger partial charge in [0, 0.05) is 30.9 Å². The van der Waals surface area contributed by atoms with Gasteiger partial charge in [0.1, 0.15) is 0 Å². The first-order chi connectivity index (χ1) is 14.0. The average molecular weight is 389 g/mol. The molecule has 3 aromatic rings. The van der Waals surface area contributed by atoms with Crippen molar-refractivity contribution in [2.75, 3.05) is 5.32 Å². The van der Waals surface area contributed by atoms with Gasteiger partial charge in [-0.25, -0.2) is 0 Å². The maximum Gasteiger partial charge on any atom is 0.313 e. The number of benzene rings is 3. The smallest absolute Gasteiger partial charge is 0.313 e. The molecule has 3 rings (SSSR count). The van der Waals surface area contributed by atoms with E-state index in [-0.39, 0.29) is 18.8 Å². The first-order valence-electron chi connectivity index (χ1n) is 8.95. The van der Waals surface area contributed by atoms with Crippen molar-refractivity contribution in [3.63, 3.8) is 0 Å². The zero-order valence-corrected chi connectivity index (χ0v) is 15.5. The van der Waals surface area contributed by atoms with Gasteiger partial charge in [0.05, 0.1) is 4.92 Å². The summed E-state index contributed by atoms with van der Waals surface area (Å²) in [5.41, 5.74) is 2.03. The molecule has 0 aliphatic carbocycles. The first-order valence-corrected chi connectivity index (χ1v) is 8.95. The topological polar surface area (TPSA) is 92.5 Å². The third-order valence-electron chi connectivity index (χ3n) is 4.25. The molecule has 0 heterocycles. The second-order valence-electron chi connectivity index (χ2n) is 6.39. The zero-order valence-electron chi connectivity index (χ0n) is 15.5. The van der Waals surface area contributed by atoms with E-state index in [2.05, 4.69) is 5.32 Å². The normalized spacial score (nSPS) is 10.2. The van der Waals surface area contributed by atoms with Crippen LogP contribution in [0.5, 0.6) is 0 Å². The molecule has 29 heavy (non-hydrogen) atoms. The van der Waals surface area contributed by atoms with Crippen LogP contribution >= 0.6 is 0 Å². The van der Waals surface area contributed by atoms with Gasteiger partial charge in [0.25, 0.3) is 5.69 Å². The van der Waals surface area contributed by atoms with Crippen molar-refractivity contribution < 1.29 is 14.5 Å². The zero-order chi connectivity index (χ0) is 20.6. The van der Waals surface area contributed by atoms with E-state index in [0.29, 0.717) is 5.69 Å². The molecule has 0 aromatic heterocycles. The van der Waals surface area contributed by atoms with E-state index in [9.17, 15) is 19.7 Å². The van der Waals surface area contributed by atoms with Gasteiger partial charge in [0.15, 0.2) is 0 Å². The Balaban J connectivity index is 1.75. The Bertz CT molecular complexity index is 948. The number of nitrogens with zero attached hydrogens (tertiary/aromatic N) is 2. The second-order valence-corrected chi connectivity index (χ2v) is 6.39. The van der Waals surface area contributed by atoms with E-state index in [1.807, 2.05) is 60.7 Å². The molecule has 3 aromatic carbocycles. The number of hydrogen-bond acceptors (Lipinski definition) is 4. The fraction of sp³-hybridized carbons (Fsp3) is 0.0909. The van der Waals surface area contributed by atoms with Crippen molar-refractivity contribution in [2.45, 2.75) is 13.1 Å². The molecular formula is C22H19N3O4. The van der Waals surface area contributed by atoms with Crippen LogP contribution in [0.2, 0.25) is 0 Å². The highest BCUT2D eigenvalue weighted by atomic mass is 16.6. The van der Waals surface area contributed by atoms with Crippen molar-refractivity contribution in [3.8, 4) is 0 Å². The van der Waals surface area contributed by atoms with Crippen LogP contribution in [0, 0.1) is 10.1 Å². The van der Waals surface area contributed by atoms with Crippen molar-refractivity contribution in [2.24, 2.45) is 0 Å². The Hall–Kier alpha value is -4.00. The Morgan fingerprint density at radius 2 is 1.28 bits per heavy atom. The lowest BCUT2D eigenvalue weighted by molar-refractivity contribution is -0.384. The highest BCUT2D eigenvalue weighted by molar-refractivity contribution is 6.39. The molecule has 146 valence electrons. The molecule has 0 saturated carbocycles. The van der Waals surface area contributed by atoms with Crippen molar-refractivity contribution >= 4 is 23.2 Å². The molecule has 2 amide bonds. The summed E-state index contributed by atoms with van der Waals surface area (Å²) in [5, 5.41) is 13.2. The molecule has 0 radical (unpaired) electrons. The van der Waals surface area contributed by atoms with E-state index in [4.69, 9.17) is 0 Å². The monoisotopic (exact) mass is 389 g/mol. The van der Waals surface area contributed by atoms with Crippen LogP contribution in [0.4, 0.5) is 11.4 Å². The Labute approximate surface area is 167 Å². The summed E-state index contributed by atoms with van der Waals surface area (Å²) in [4.78, 5) is 37.0. The summed E-state index contributed by atoms with van der Waals surface area (Å²) in [6, 6.07) is 24.1. The summed E-state index contributed by atoms with van der Waals surface area (Å²) in [7, 11) is 0. The molecule has 0 spiro atoms. The molecule has 0 aliphatic heterocycles. The van der Waals surface area contributed by atoms with Crippen LogP contribution in [-0.2, 0) is 22.7 Å². The SMILES string of the molecule is O=C(Nc1ccc([N+](=O)[O-])cc1)C(=O)N(Cc1ccccc1)Cc1ccccc1. The van der Waals surface area contributed by atoms with Gasteiger partial charge < -0.3 is 10.2 Å². The van der Waals surface area contributed by atoms with Gasteiger partial charge in [-0.05, 0) is 23.3 Å². The van der Waals surface area contributed by atoms with Crippen LogP contribution < -0.4 is 5.32 Å². The number of hydrogen-bond donors (Lipinski definition) is 1. The predicted molar refractivity (Wildman–Crippen MR) is 109 cm³/mol. The van der Waals surface area contributed by atoms with E-state index >= 15 is 0 Å². The maximum atomic E-state index is 12.8. The number of nitro groups is 1. The van der Waals surface area contributed by atoms with Gasteiger partial charge in [-0.15, -0.1) is 0 Å². The molecule has 0 atom stereocenters. The molecule has 0 unspecified atom stereocenters. The third kappa shape index (κ3) is 5.49. The molecular weight excluding hydrogens is 370 g/mol. The van der Waals surface area contributed by atoms with Crippen LogP contribution in [0.3, 0.4) is 0 Å². The molecule has 7 heteroatoms. The molecule has 7 nitrogen and oxygen atoms in total. The average Bonchev–Trinajstić information content (AvgIpc) is 2.74. The van der Waals surface area contributed by atoms with Crippen LogP contribution in [-0.4, -0.2) is 21.6 Å². The third-order valence-corrected chi connectivity index (χ3v) is 4.25. The summed E-state index contributed by atoms with van der Waals surface area (Å²) >= 11 is 0. The van der Waals surface area contributed by atoms with Gasteiger partial charge in [0.2, 0.25) is 0 Å². The summed E-state index contributed by atoms with van der Waals surface area (Å²) in [5.74, 6) is -1.48.